The minimum Gasteiger partial charge on any atom is -0.264 e. The molecule has 0 unspecified atom stereocenters. The van der Waals surface area contributed by atoms with Crippen molar-refractivity contribution in [2.45, 2.75) is 11.4 Å². The fourth-order valence-electron chi connectivity index (χ4n) is 2.08. The molecule has 3 rings (SSSR count). The fraction of sp³-hybridized carbons (Fsp3) is 0.0625. The minimum absolute atomic E-state index is 0.0445. The number of nitrogens with one attached hydrogen (secondary N) is 1. The van der Waals surface area contributed by atoms with E-state index in [4.69, 9.17) is 0 Å². The third kappa shape index (κ3) is 3.64. The average molecular weight is 348 g/mol. The first-order valence-electron chi connectivity index (χ1n) is 6.78. The molecule has 118 valence electrons. The van der Waals surface area contributed by atoms with Crippen LogP contribution in [0.4, 0.5) is 4.39 Å². The van der Waals surface area contributed by atoms with Gasteiger partial charge in [-0.05, 0) is 35.2 Å². The quantitative estimate of drug-likeness (QED) is 0.768. The van der Waals surface area contributed by atoms with Crippen LogP contribution >= 0.6 is 11.3 Å². The maximum absolute atomic E-state index is 13.6. The Morgan fingerprint density at radius 1 is 1.13 bits per heavy atom. The molecular formula is C16H13FN2O2S2. The standard InChI is InChI=1S/C16H13FN2O2S2/c17-14-4-1-2-6-16(14)23(20,21)19-10-12-8-13(11-18-9-12)15-5-3-7-22-15/h1-9,11,19H,10H2. The summed E-state index contributed by atoms with van der Waals surface area (Å²) in [6, 6.07) is 11.1. The number of sulfonamides is 1. The van der Waals surface area contributed by atoms with Crippen LogP contribution in [0.15, 0.2) is 65.1 Å². The normalized spacial score (nSPS) is 11.5. The van der Waals surface area contributed by atoms with Crippen LogP contribution < -0.4 is 4.72 Å². The molecule has 2 aromatic heterocycles. The van der Waals surface area contributed by atoms with Gasteiger partial charge in [0.15, 0.2) is 0 Å². The zero-order valence-corrected chi connectivity index (χ0v) is 13.6. The molecule has 4 nitrogen and oxygen atoms in total. The topological polar surface area (TPSA) is 59.1 Å². The number of rotatable bonds is 5. The number of halogens is 1. The van der Waals surface area contributed by atoms with Crippen LogP contribution in [0.5, 0.6) is 0 Å². The Hall–Kier alpha value is -2.09. The molecule has 0 saturated heterocycles. The van der Waals surface area contributed by atoms with E-state index in [2.05, 4.69) is 9.71 Å². The molecule has 0 amide bonds. The summed E-state index contributed by atoms with van der Waals surface area (Å²) in [6.07, 6.45) is 3.31. The second-order valence-electron chi connectivity index (χ2n) is 4.81. The summed E-state index contributed by atoms with van der Waals surface area (Å²) in [4.78, 5) is 4.82. The largest absolute Gasteiger partial charge is 0.264 e. The number of thiophene rings is 1. The molecule has 3 aromatic rings. The van der Waals surface area contributed by atoms with Gasteiger partial charge in [0.25, 0.3) is 0 Å². The van der Waals surface area contributed by atoms with Crippen molar-refractivity contribution >= 4 is 21.4 Å². The number of benzene rings is 1. The number of hydrogen-bond acceptors (Lipinski definition) is 4. The molecule has 0 atom stereocenters. The third-order valence-corrected chi connectivity index (χ3v) is 5.55. The van der Waals surface area contributed by atoms with Gasteiger partial charge in [-0.3, -0.25) is 4.98 Å². The van der Waals surface area contributed by atoms with Crippen molar-refractivity contribution < 1.29 is 12.8 Å². The zero-order chi connectivity index (χ0) is 16.3. The second kappa shape index (κ2) is 6.57. The first-order chi connectivity index (χ1) is 11.1. The van der Waals surface area contributed by atoms with Crippen molar-refractivity contribution in [3.63, 3.8) is 0 Å². The van der Waals surface area contributed by atoms with Crippen LogP contribution in [-0.4, -0.2) is 13.4 Å². The highest BCUT2D eigenvalue weighted by Crippen LogP contribution is 2.24. The lowest BCUT2D eigenvalue weighted by atomic mass is 10.2. The van der Waals surface area contributed by atoms with Crippen molar-refractivity contribution in [1.82, 2.24) is 9.71 Å². The molecule has 0 aliphatic heterocycles. The van der Waals surface area contributed by atoms with Crippen LogP contribution in [0, 0.1) is 5.82 Å². The molecule has 2 heterocycles. The maximum atomic E-state index is 13.6. The van der Waals surface area contributed by atoms with Crippen molar-refractivity contribution in [3.05, 3.63) is 71.6 Å². The van der Waals surface area contributed by atoms with Gasteiger partial charge in [0.2, 0.25) is 10.0 Å². The molecule has 0 saturated carbocycles. The molecule has 1 N–H and O–H groups in total. The van der Waals surface area contributed by atoms with E-state index in [9.17, 15) is 12.8 Å². The summed E-state index contributed by atoms with van der Waals surface area (Å²) in [5.41, 5.74) is 1.62. The van der Waals surface area contributed by atoms with E-state index >= 15 is 0 Å². The number of hydrogen-bond donors (Lipinski definition) is 1. The molecule has 1 aromatic carbocycles. The van der Waals surface area contributed by atoms with Gasteiger partial charge in [0, 0.05) is 29.4 Å². The molecule has 0 bridgehead atoms. The predicted molar refractivity (Wildman–Crippen MR) is 88.0 cm³/mol. The predicted octanol–water partition coefficient (Wildman–Crippen LogP) is 3.43. The van der Waals surface area contributed by atoms with E-state index in [1.165, 1.54) is 18.2 Å². The van der Waals surface area contributed by atoms with Crippen LogP contribution in [0.2, 0.25) is 0 Å². The Morgan fingerprint density at radius 3 is 2.70 bits per heavy atom. The molecular weight excluding hydrogens is 335 g/mol. The molecule has 0 aliphatic rings. The Kier molecular flexibility index (Phi) is 4.51. The lowest BCUT2D eigenvalue weighted by Crippen LogP contribution is -2.24. The van der Waals surface area contributed by atoms with Crippen molar-refractivity contribution in [3.8, 4) is 10.4 Å². The summed E-state index contributed by atoms with van der Waals surface area (Å²) in [5, 5.41) is 1.96. The van der Waals surface area contributed by atoms with Crippen molar-refractivity contribution in [2.24, 2.45) is 0 Å². The van der Waals surface area contributed by atoms with Crippen molar-refractivity contribution in [1.29, 1.82) is 0 Å². The lowest BCUT2D eigenvalue weighted by molar-refractivity contribution is 0.557. The highest BCUT2D eigenvalue weighted by Gasteiger charge is 2.18. The molecule has 7 heteroatoms. The van der Waals surface area contributed by atoms with E-state index in [0.717, 1.165) is 16.5 Å². The number of nitrogens with zero attached hydrogens (tertiary/aromatic N) is 1. The van der Waals surface area contributed by atoms with Crippen LogP contribution in [0.25, 0.3) is 10.4 Å². The third-order valence-electron chi connectivity index (χ3n) is 3.19. The van der Waals surface area contributed by atoms with E-state index in [1.807, 2.05) is 23.6 Å². The highest BCUT2D eigenvalue weighted by molar-refractivity contribution is 7.89. The van der Waals surface area contributed by atoms with Gasteiger partial charge in [-0.25, -0.2) is 17.5 Å². The fourth-order valence-corrected chi connectivity index (χ4v) is 3.88. The molecule has 23 heavy (non-hydrogen) atoms. The number of pyridine rings is 1. The first kappa shape index (κ1) is 15.8. The Labute approximate surface area is 137 Å². The smallest absolute Gasteiger partial charge is 0.243 e. The van der Waals surface area contributed by atoms with Gasteiger partial charge < -0.3 is 0 Å². The summed E-state index contributed by atoms with van der Waals surface area (Å²) in [6.45, 7) is 0.0445. The maximum Gasteiger partial charge on any atom is 0.243 e. The van der Waals surface area contributed by atoms with Gasteiger partial charge in [-0.15, -0.1) is 11.3 Å². The monoisotopic (exact) mass is 348 g/mol. The SMILES string of the molecule is O=S(=O)(NCc1cncc(-c2cccs2)c1)c1ccccc1F. The lowest BCUT2D eigenvalue weighted by Gasteiger charge is -2.08. The molecule has 0 aliphatic carbocycles. The van der Waals surface area contributed by atoms with Gasteiger partial charge in [-0.1, -0.05) is 18.2 Å². The van der Waals surface area contributed by atoms with Crippen molar-refractivity contribution in [2.75, 3.05) is 0 Å². The van der Waals surface area contributed by atoms with Gasteiger partial charge in [-0.2, -0.15) is 0 Å². The van der Waals surface area contributed by atoms with Gasteiger partial charge >= 0.3 is 0 Å². The van der Waals surface area contributed by atoms with Crippen LogP contribution in [-0.2, 0) is 16.6 Å². The van der Waals surface area contributed by atoms with Crippen LogP contribution in [0.1, 0.15) is 5.56 Å². The summed E-state index contributed by atoms with van der Waals surface area (Å²) in [7, 11) is -3.91. The number of aromatic nitrogens is 1. The minimum atomic E-state index is -3.91. The average Bonchev–Trinajstić information content (AvgIpc) is 3.08. The summed E-state index contributed by atoms with van der Waals surface area (Å²) in [5.74, 6) is -0.773. The van der Waals surface area contributed by atoms with E-state index in [1.54, 1.807) is 23.7 Å². The van der Waals surface area contributed by atoms with Gasteiger partial charge in [0.1, 0.15) is 10.7 Å². The van der Waals surface area contributed by atoms with Gasteiger partial charge in [0.05, 0.1) is 0 Å². The molecule has 0 fully saturated rings. The second-order valence-corrected chi connectivity index (χ2v) is 7.50. The van der Waals surface area contributed by atoms with E-state index < -0.39 is 15.8 Å². The Bertz CT molecular complexity index is 909. The van der Waals surface area contributed by atoms with E-state index in [-0.39, 0.29) is 11.4 Å². The Balaban J connectivity index is 1.78. The Morgan fingerprint density at radius 2 is 1.96 bits per heavy atom. The highest BCUT2D eigenvalue weighted by atomic mass is 32.2. The first-order valence-corrected chi connectivity index (χ1v) is 9.14. The zero-order valence-electron chi connectivity index (χ0n) is 11.9. The van der Waals surface area contributed by atoms with E-state index in [0.29, 0.717) is 5.56 Å². The molecule has 0 radical (unpaired) electrons. The summed E-state index contributed by atoms with van der Waals surface area (Å²) < 4.78 is 40.4. The van der Waals surface area contributed by atoms with Crippen LogP contribution in [0.3, 0.4) is 0 Å². The summed E-state index contributed by atoms with van der Waals surface area (Å²) >= 11 is 1.58. The molecule has 0 spiro atoms.